The number of nitrogens with zero attached hydrogens (tertiary/aromatic N) is 2. The number of aliphatic hydroxyl groups is 1. The highest BCUT2D eigenvalue weighted by molar-refractivity contribution is 6.33. The summed E-state index contributed by atoms with van der Waals surface area (Å²) in [7, 11) is 1.72. The first-order valence-corrected chi connectivity index (χ1v) is 7.14. The Hall–Kier alpha value is -1.33. The van der Waals surface area contributed by atoms with Crippen molar-refractivity contribution >= 4 is 17.5 Å². The first-order chi connectivity index (χ1) is 9.43. The van der Waals surface area contributed by atoms with Crippen LogP contribution in [0.25, 0.3) is 0 Å². The van der Waals surface area contributed by atoms with Gasteiger partial charge >= 0.3 is 0 Å². The molecule has 0 spiro atoms. The third-order valence-corrected chi connectivity index (χ3v) is 3.94. The van der Waals surface area contributed by atoms with Crippen LogP contribution in [0.4, 0.5) is 0 Å². The smallest absolute Gasteiger partial charge is 0.256 e. The average Bonchev–Trinajstić information content (AvgIpc) is 2.95. The van der Waals surface area contributed by atoms with E-state index in [1.54, 1.807) is 7.05 Å². The normalized spacial score (nSPS) is 21.7. The van der Waals surface area contributed by atoms with Crippen LogP contribution in [-0.4, -0.2) is 33.4 Å². The van der Waals surface area contributed by atoms with E-state index in [0.717, 1.165) is 6.42 Å². The standard InChI is InChI=1S/C14H20ClN3O2/c1-8(2)12-11(13(15)18(3)17-12)14(20)16-10-5-4-9(6-10)7-19/h4-5,8-10,19H,6-7H2,1-3H3,(H,16,20)/t9-,10+/m0/s1. The predicted octanol–water partition coefficient (Wildman–Crippen LogP) is 1.86. The van der Waals surface area contributed by atoms with Crippen molar-refractivity contribution in [1.82, 2.24) is 15.1 Å². The van der Waals surface area contributed by atoms with E-state index in [1.165, 1.54) is 4.68 Å². The fraction of sp³-hybridized carbons (Fsp3) is 0.571. The Kier molecular flexibility index (Phi) is 4.50. The minimum Gasteiger partial charge on any atom is -0.396 e. The zero-order chi connectivity index (χ0) is 14.9. The number of aryl methyl sites for hydroxylation is 1. The van der Waals surface area contributed by atoms with Crippen LogP contribution in [0.2, 0.25) is 5.15 Å². The van der Waals surface area contributed by atoms with Crippen molar-refractivity contribution in [1.29, 1.82) is 0 Å². The van der Waals surface area contributed by atoms with Gasteiger partial charge in [0.25, 0.3) is 5.91 Å². The predicted molar refractivity (Wildman–Crippen MR) is 77.9 cm³/mol. The van der Waals surface area contributed by atoms with Gasteiger partial charge in [-0.15, -0.1) is 0 Å². The maximum atomic E-state index is 12.4. The largest absolute Gasteiger partial charge is 0.396 e. The molecule has 2 atom stereocenters. The van der Waals surface area contributed by atoms with E-state index >= 15 is 0 Å². The van der Waals surface area contributed by atoms with Crippen LogP contribution in [0, 0.1) is 5.92 Å². The van der Waals surface area contributed by atoms with Gasteiger partial charge in [0.15, 0.2) is 0 Å². The molecule has 0 aromatic carbocycles. The second-order valence-corrected chi connectivity index (χ2v) is 5.83. The van der Waals surface area contributed by atoms with Crippen molar-refractivity contribution in [2.24, 2.45) is 13.0 Å². The molecule has 0 saturated heterocycles. The summed E-state index contributed by atoms with van der Waals surface area (Å²) in [6.45, 7) is 4.06. The van der Waals surface area contributed by atoms with Gasteiger partial charge in [0.2, 0.25) is 0 Å². The van der Waals surface area contributed by atoms with E-state index in [-0.39, 0.29) is 30.4 Å². The number of nitrogens with one attached hydrogen (secondary N) is 1. The van der Waals surface area contributed by atoms with E-state index in [1.807, 2.05) is 26.0 Å². The summed E-state index contributed by atoms with van der Waals surface area (Å²) in [5.74, 6) is 0.0352. The molecule has 0 radical (unpaired) electrons. The summed E-state index contributed by atoms with van der Waals surface area (Å²) in [4.78, 5) is 12.4. The van der Waals surface area contributed by atoms with Crippen LogP contribution >= 0.6 is 11.6 Å². The molecule has 0 saturated carbocycles. The van der Waals surface area contributed by atoms with Crippen LogP contribution in [0.5, 0.6) is 0 Å². The molecule has 1 amide bonds. The molecule has 0 fully saturated rings. The van der Waals surface area contributed by atoms with Gasteiger partial charge in [-0.3, -0.25) is 9.48 Å². The van der Waals surface area contributed by atoms with Crippen molar-refractivity contribution in [2.45, 2.75) is 32.2 Å². The van der Waals surface area contributed by atoms with E-state index in [0.29, 0.717) is 16.4 Å². The Morgan fingerprint density at radius 1 is 1.60 bits per heavy atom. The minimum atomic E-state index is -0.208. The van der Waals surface area contributed by atoms with Gasteiger partial charge in [-0.25, -0.2) is 0 Å². The first-order valence-electron chi connectivity index (χ1n) is 6.76. The Balaban J connectivity index is 2.16. The number of rotatable bonds is 4. The zero-order valence-electron chi connectivity index (χ0n) is 11.9. The molecule has 0 aliphatic heterocycles. The van der Waals surface area contributed by atoms with Gasteiger partial charge in [-0.05, 0) is 12.3 Å². The monoisotopic (exact) mass is 297 g/mol. The molecule has 1 aliphatic rings. The van der Waals surface area contributed by atoms with E-state index in [9.17, 15) is 4.79 Å². The number of carbonyl (C=O) groups excluding carboxylic acids is 1. The molecule has 110 valence electrons. The van der Waals surface area contributed by atoms with E-state index in [4.69, 9.17) is 16.7 Å². The maximum Gasteiger partial charge on any atom is 0.256 e. The number of hydrogen-bond donors (Lipinski definition) is 2. The van der Waals surface area contributed by atoms with Crippen molar-refractivity contribution < 1.29 is 9.90 Å². The molecule has 1 aromatic heterocycles. The van der Waals surface area contributed by atoms with Crippen LogP contribution in [0.3, 0.4) is 0 Å². The molecule has 2 N–H and O–H groups in total. The lowest BCUT2D eigenvalue weighted by Crippen LogP contribution is -2.33. The summed E-state index contributed by atoms with van der Waals surface area (Å²) in [6.07, 6.45) is 4.56. The summed E-state index contributed by atoms with van der Waals surface area (Å²) in [5.41, 5.74) is 1.15. The van der Waals surface area contributed by atoms with Crippen LogP contribution in [0.1, 0.15) is 42.2 Å². The second-order valence-electron chi connectivity index (χ2n) is 5.47. The molecule has 20 heavy (non-hydrogen) atoms. The number of aliphatic hydroxyl groups excluding tert-OH is 1. The second kappa shape index (κ2) is 5.97. The molecule has 0 bridgehead atoms. The lowest BCUT2D eigenvalue weighted by atomic mass is 10.0. The number of halogens is 1. The van der Waals surface area contributed by atoms with Gasteiger partial charge in [0, 0.05) is 25.6 Å². The summed E-state index contributed by atoms with van der Waals surface area (Å²) in [6, 6.07) is -0.0593. The lowest BCUT2D eigenvalue weighted by Gasteiger charge is -2.13. The van der Waals surface area contributed by atoms with Gasteiger partial charge in [0.05, 0.1) is 11.3 Å². The number of hydrogen-bond acceptors (Lipinski definition) is 3. The van der Waals surface area contributed by atoms with Crippen molar-refractivity contribution in [2.75, 3.05) is 6.61 Å². The Labute approximate surface area is 123 Å². The summed E-state index contributed by atoms with van der Waals surface area (Å²) in [5, 5.41) is 16.7. The Morgan fingerprint density at radius 3 is 2.85 bits per heavy atom. The summed E-state index contributed by atoms with van der Waals surface area (Å²) >= 11 is 6.18. The average molecular weight is 298 g/mol. The van der Waals surface area contributed by atoms with Crippen LogP contribution in [0.15, 0.2) is 12.2 Å². The molecule has 5 nitrogen and oxygen atoms in total. The molecule has 1 aliphatic carbocycles. The first kappa shape index (κ1) is 15.1. The molecule has 1 heterocycles. The highest BCUT2D eigenvalue weighted by atomic mass is 35.5. The number of amides is 1. The van der Waals surface area contributed by atoms with Crippen molar-refractivity contribution in [3.05, 3.63) is 28.6 Å². The highest BCUT2D eigenvalue weighted by Crippen LogP contribution is 2.26. The lowest BCUT2D eigenvalue weighted by molar-refractivity contribution is 0.0940. The van der Waals surface area contributed by atoms with Crippen molar-refractivity contribution in [3.63, 3.8) is 0 Å². The fourth-order valence-electron chi connectivity index (χ4n) is 2.39. The van der Waals surface area contributed by atoms with Crippen LogP contribution in [-0.2, 0) is 7.05 Å². The van der Waals surface area contributed by atoms with Crippen molar-refractivity contribution in [3.8, 4) is 0 Å². The van der Waals surface area contributed by atoms with E-state index in [2.05, 4.69) is 10.4 Å². The quantitative estimate of drug-likeness (QED) is 0.834. The molecule has 2 rings (SSSR count). The SMILES string of the molecule is CC(C)c1nn(C)c(Cl)c1C(=O)N[C@@H]1C=C[C@H](CO)C1. The summed E-state index contributed by atoms with van der Waals surface area (Å²) < 4.78 is 1.52. The Morgan fingerprint density at radius 2 is 2.30 bits per heavy atom. The number of carbonyl (C=O) groups is 1. The Bertz CT molecular complexity index is 537. The molecule has 0 unspecified atom stereocenters. The maximum absolute atomic E-state index is 12.4. The molecular formula is C14H20ClN3O2. The molecule has 1 aromatic rings. The van der Waals surface area contributed by atoms with Gasteiger partial charge in [0.1, 0.15) is 5.15 Å². The van der Waals surface area contributed by atoms with Gasteiger partial charge in [-0.1, -0.05) is 37.6 Å². The third-order valence-electron chi connectivity index (χ3n) is 3.50. The van der Waals surface area contributed by atoms with Gasteiger partial charge < -0.3 is 10.4 Å². The zero-order valence-corrected chi connectivity index (χ0v) is 12.7. The fourth-order valence-corrected chi connectivity index (χ4v) is 2.62. The molecular weight excluding hydrogens is 278 g/mol. The molecule has 6 heteroatoms. The minimum absolute atomic E-state index is 0.0593. The topological polar surface area (TPSA) is 67.2 Å². The van der Waals surface area contributed by atoms with E-state index < -0.39 is 0 Å². The number of aromatic nitrogens is 2. The highest BCUT2D eigenvalue weighted by Gasteiger charge is 2.26. The third kappa shape index (κ3) is 2.88. The van der Waals surface area contributed by atoms with Crippen LogP contribution < -0.4 is 5.32 Å². The van der Waals surface area contributed by atoms with Gasteiger partial charge in [-0.2, -0.15) is 5.10 Å².